The van der Waals surface area contributed by atoms with Gasteiger partial charge in [0.1, 0.15) is 0 Å². The Morgan fingerprint density at radius 2 is 1.83 bits per heavy atom. The highest BCUT2D eigenvalue weighted by Crippen LogP contribution is 2.50. The first-order chi connectivity index (χ1) is 16.9. The maximum absolute atomic E-state index is 13.6. The molecule has 1 heterocycles. The van der Waals surface area contributed by atoms with Gasteiger partial charge in [-0.1, -0.05) is 13.8 Å². The Labute approximate surface area is 210 Å². The number of piperidine rings is 1. The zero-order valence-electron chi connectivity index (χ0n) is 21.8. The number of ketones is 1. The Morgan fingerprint density at radius 3 is 2.54 bits per heavy atom. The number of carbonyl (C=O) groups excluding carboxylic acids is 1. The monoisotopic (exact) mass is 475 g/mol. The number of nitrogens with zero attached hydrogens (tertiary/aromatic N) is 1. The fourth-order valence-electron chi connectivity index (χ4n) is 6.06. The summed E-state index contributed by atoms with van der Waals surface area (Å²) >= 11 is 0. The third-order valence-electron chi connectivity index (χ3n) is 8.63. The van der Waals surface area contributed by atoms with E-state index in [4.69, 9.17) is 4.74 Å². The number of hydrogen-bond donors (Lipinski definition) is 2. The van der Waals surface area contributed by atoms with Crippen molar-refractivity contribution in [2.24, 2.45) is 11.8 Å². The van der Waals surface area contributed by atoms with E-state index >= 15 is 0 Å². The predicted octanol–water partition coefficient (Wildman–Crippen LogP) is 6.23. The molecule has 1 aliphatic heterocycles. The summed E-state index contributed by atoms with van der Waals surface area (Å²) in [6, 6.07) is 15.2. The Bertz CT molecular complexity index is 1050. The number of ether oxygens (including phenoxy) is 1. The molecule has 4 atom stereocenters. The van der Waals surface area contributed by atoms with Gasteiger partial charge in [-0.15, -0.1) is 0 Å². The normalized spacial score (nSPS) is 26.8. The number of benzene rings is 2. The van der Waals surface area contributed by atoms with E-state index in [9.17, 15) is 4.79 Å². The predicted molar refractivity (Wildman–Crippen MR) is 144 cm³/mol. The average molecular weight is 476 g/mol. The molecule has 0 amide bonds. The summed E-state index contributed by atoms with van der Waals surface area (Å²) in [4.78, 5) is 16.1. The largest absolute Gasteiger partial charge is 0.383 e. The number of anilines is 3. The fraction of sp³-hybridized carbons (Fsp3) is 0.567. The second-order valence-corrected chi connectivity index (χ2v) is 11.2. The lowest BCUT2D eigenvalue weighted by Gasteiger charge is -2.53. The van der Waals surface area contributed by atoms with Gasteiger partial charge in [-0.25, -0.2) is 0 Å². The molecule has 35 heavy (non-hydrogen) atoms. The second-order valence-electron chi connectivity index (χ2n) is 11.2. The van der Waals surface area contributed by atoms with Crippen molar-refractivity contribution >= 4 is 22.8 Å². The first kappa shape index (κ1) is 24.3. The number of nitrogens with one attached hydrogen (secondary N) is 2. The lowest BCUT2D eigenvalue weighted by Crippen LogP contribution is -2.61. The highest BCUT2D eigenvalue weighted by atomic mass is 16.5. The molecule has 2 fully saturated rings. The molecule has 2 aromatic rings. The molecule has 2 N–H and O–H groups in total. The fourth-order valence-corrected chi connectivity index (χ4v) is 6.06. The summed E-state index contributed by atoms with van der Waals surface area (Å²) in [5, 5.41) is 7.11. The molecule has 0 radical (unpaired) electrons. The minimum absolute atomic E-state index is 0.0385. The molecule has 2 bridgehead atoms. The van der Waals surface area contributed by atoms with E-state index in [1.165, 1.54) is 18.4 Å². The Hall–Kier alpha value is -2.37. The van der Waals surface area contributed by atoms with Crippen LogP contribution in [-0.2, 0) is 10.2 Å². The SMILES string of the molecule is CCOCCC(C)Nc1ccc(Nc2ccc3c(c2)[C@]2(C)CCN(CC4CC4)C(C3=O)[C@@H]2C)cc1. The third kappa shape index (κ3) is 4.99. The summed E-state index contributed by atoms with van der Waals surface area (Å²) in [6.45, 7) is 12.6. The highest BCUT2D eigenvalue weighted by molar-refractivity contribution is 6.04. The Balaban J connectivity index is 1.29. The van der Waals surface area contributed by atoms with E-state index in [1.807, 2.05) is 6.92 Å². The van der Waals surface area contributed by atoms with Crippen LogP contribution in [0.3, 0.4) is 0 Å². The lowest BCUT2D eigenvalue weighted by atomic mass is 9.58. The van der Waals surface area contributed by atoms with E-state index in [0.717, 1.165) is 67.7 Å². The molecule has 3 aliphatic rings. The van der Waals surface area contributed by atoms with Crippen LogP contribution in [0.4, 0.5) is 17.1 Å². The van der Waals surface area contributed by atoms with Crippen LogP contribution in [0.5, 0.6) is 0 Å². The van der Waals surface area contributed by atoms with E-state index in [2.05, 4.69) is 78.8 Å². The van der Waals surface area contributed by atoms with Gasteiger partial charge in [-0.2, -0.15) is 0 Å². The minimum Gasteiger partial charge on any atom is -0.383 e. The Morgan fingerprint density at radius 1 is 1.11 bits per heavy atom. The maximum atomic E-state index is 13.6. The molecule has 1 saturated carbocycles. The number of fused-ring (bicyclic) bond motifs is 4. The zero-order chi connectivity index (χ0) is 24.6. The van der Waals surface area contributed by atoms with Crippen molar-refractivity contribution in [1.29, 1.82) is 0 Å². The number of carbonyl (C=O) groups is 1. The van der Waals surface area contributed by atoms with Crippen LogP contribution in [0.15, 0.2) is 42.5 Å². The zero-order valence-corrected chi connectivity index (χ0v) is 21.8. The van der Waals surface area contributed by atoms with Crippen LogP contribution in [0.1, 0.15) is 69.3 Å². The number of Topliss-reactive ketones (excluding diaryl/α,β-unsaturated/α-hetero) is 1. The van der Waals surface area contributed by atoms with Crippen LogP contribution < -0.4 is 10.6 Å². The molecule has 5 nitrogen and oxygen atoms in total. The van der Waals surface area contributed by atoms with Crippen LogP contribution in [-0.4, -0.2) is 49.1 Å². The maximum Gasteiger partial charge on any atom is 0.180 e. The molecule has 5 rings (SSSR count). The van der Waals surface area contributed by atoms with E-state index in [0.29, 0.717) is 17.7 Å². The van der Waals surface area contributed by atoms with Gasteiger partial charge in [-0.3, -0.25) is 9.69 Å². The molecule has 0 aromatic heterocycles. The number of likely N-dealkylation sites (tertiary alicyclic amines) is 1. The molecule has 188 valence electrons. The van der Waals surface area contributed by atoms with Gasteiger partial charge in [0.25, 0.3) is 0 Å². The standard InChI is InChI=1S/C30H41N3O2/c1-5-35-17-14-20(2)31-23-8-10-24(11-9-23)32-25-12-13-26-27(18-25)30(4)15-16-33(19-22-6-7-22)28(21(30)3)29(26)34/h8-13,18,20-22,28,31-32H,5-7,14-17,19H2,1-4H3/t20?,21-,28?,30+/m0/s1. The van der Waals surface area contributed by atoms with Crippen LogP contribution in [0.2, 0.25) is 0 Å². The quantitative estimate of drug-likeness (QED) is 0.399. The van der Waals surface area contributed by atoms with Gasteiger partial charge in [0.2, 0.25) is 0 Å². The van der Waals surface area contributed by atoms with Crippen LogP contribution >= 0.6 is 0 Å². The third-order valence-corrected chi connectivity index (χ3v) is 8.63. The molecule has 2 unspecified atom stereocenters. The minimum atomic E-state index is 0.0385. The molecule has 5 heteroatoms. The molecular weight excluding hydrogens is 434 g/mol. The number of rotatable bonds is 10. The number of hydrogen-bond acceptors (Lipinski definition) is 5. The van der Waals surface area contributed by atoms with E-state index in [1.54, 1.807) is 0 Å². The van der Waals surface area contributed by atoms with Crippen molar-refractivity contribution in [3.05, 3.63) is 53.6 Å². The van der Waals surface area contributed by atoms with Gasteiger partial charge in [0.15, 0.2) is 5.78 Å². The summed E-state index contributed by atoms with van der Waals surface area (Å²) in [5.41, 5.74) is 5.41. The van der Waals surface area contributed by atoms with E-state index < -0.39 is 0 Å². The van der Waals surface area contributed by atoms with Gasteiger partial charge in [-0.05, 0) is 111 Å². The van der Waals surface area contributed by atoms with Gasteiger partial charge in [0.05, 0.1) is 6.04 Å². The second kappa shape index (κ2) is 9.94. The first-order valence-electron chi connectivity index (χ1n) is 13.5. The molecule has 0 spiro atoms. The van der Waals surface area contributed by atoms with Crippen molar-refractivity contribution in [1.82, 2.24) is 4.90 Å². The summed E-state index contributed by atoms with van der Waals surface area (Å²) < 4.78 is 5.46. The lowest BCUT2D eigenvalue weighted by molar-refractivity contribution is 0.0266. The topological polar surface area (TPSA) is 53.6 Å². The van der Waals surface area contributed by atoms with Crippen molar-refractivity contribution in [3.63, 3.8) is 0 Å². The van der Waals surface area contributed by atoms with Crippen LogP contribution in [0, 0.1) is 11.8 Å². The van der Waals surface area contributed by atoms with Crippen LogP contribution in [0.25, 0.3) is 0 Å². The van der Waals surface area contributed by atoms with Crippen molar-refractivity contribution in [2.45, 2.75) is 70.9 Å². The molecule has 1 saturated heterocycles. The summed E-state index contributed by atoms with van der Waals surface area (Å²) in [7, 11) is 0. The van der Waals surface area contributed by atoms with Crippen molar-refractivity contribution < 1.29 is 9.53 Å². The first-order valence-corrected chi connectivity index (χ1v) is 13.5. The molecular formula is C30H41N3O2. The van der Waals surface area contributed by atoms with Gasteiger partial charge < -0.3 is 15.4 Å². The van der Waals surface area contributed by atoms with Crippen molar-refractivity contribution in [3.8, 4) is 0 Å². The smallest absolute Gasteiger partial charge is 0.180 e. The van der Waals surface area contributed by atoms with Gasteiger partial charge in [0, 0.05) is 48.4 Å². The molecule has 2 aliphatic carbocycles. The molecule has 2 aromatic carbocycles. The van der Waals surface area contributed by atoms with Crippen molar-refractivity contribution in [2.75, 3.05) is 36.9 Å². The van der Waals surface area contributed by atoms with E-state index in [-0.39, 0.29) is 11.5 Å². The summed E-state index contributed by atoms with van der Waals surface area (Å²) in [6.07, 6.45) is 4.76. The van der Waals surface area contributed by atoms with Gasteiger partial charge >= 0.3 is 0 Å². The summed E-state index contributed by atoms with van der Waals surface area (Å²) in [5.74, 6) is 1.47. The Kier molecular flexibility index (Phi) is 6.91. The average Bonchev–Trinajstić information content (AvgIpc) is 3.66. The highest BCUT2D eigenvalue weighted by Gasteiger charge is 2.52.